The molecule has 0 fully saturated rings. The monoisotopic (exact) mass is 214 g/mol. The van der Waals surface area contributed by atoms with Crippen molar-refractivity contribution in [1.29, 1.82) is 5.26 Å². The summed E-state index contributed by atoms with van der Waals surface area (Å²) in [5.74, 6) is -1.05. The molecule has 15 heavy (non-hydrogen) atoms. The zero-order chi connectivity index (χ0) is 11.6. The number of nitrogen functional groups attached to an aromatic ring is 1. The van der Waals surface area contributed by atoms with Crippen LogP contribution in [0.5, 0.6) is 0 Å². The van der Waals surface area contributed by atoms with Crippen LogP contribution in [0.2, 0.25) is 0 Å². The highest BCUT2D eigenvalue weighted by Crippen LogP contribution is 2.29. The van der Waals surface area contributed by atoms with Crippen molar-refractivity contribution in [3.8, 4) is 6.07 Å². The van der Waals surface area contributed by atoms with Crippen LogP contribution in [-0.4, -0.2) is 9.91 Å². The van der Waals surface area contributed by atoms with Crippen molar-refractivity contribution < 1.29 is 13.7 Å². The van der Waals surface area contributed by atoms with E-state index < -0.39 is 28.4 Å². The topological polar surface area (TPSA) is 106 Å². The molecule has 1 heterocycles. The Morgan fingerprint density at radius 2 is 2.27 bits per heavy atom. The number of anilines is 1. The predicted octanol–water partition coefficient (Wildman–Crippen LogP) is 1.38. The van der Waals surface area contributed by atoms with Crippen LogP contribution in [0.15, 0.2) is 6.07 Å². The van der Waals surface area contributed by atoms with Crippen LogP contribution in [-0.2, 0) is 0 Å². The zero-order valence-corrected chi connectivity index (χ0v) is 7.15. The average Bonchev–Trinajstić information content (AvgIpc) is 2.16. The van der Waals surface area contributed by atoms with Gasteiger partial charge in [-0.3, -0.25) is 0 Å². The van der Waals surface area contributed by atoms with Gasteiger partial charge in [-0.2, -0.15) is 5.26 Å². The highest BCUT2D eigenvalue weighted by Gasteiger charge is 2.26. The van der Waals surface area contributed by atoms with Gasteiger partial charge in [-0.15, -0.1) is 0 Å². The van der Waals surface area contributed by atoms with Gasteiger partial charge in [-0.05, 0) is 16.0 Å². The Labute approximate surface area is 82.1 Å². The van der Waals surface area contributed by atoms with Crippen LogP contribution in [0.25, 0.3) is 0 Å². The molecule has 78 valence electrons. The van der Waals surface area contributed by atoms with E-state index in [1.807, 2.05) is 0 Å². The first-order valence-corrected chi connectivity index (χ1v) is 3.60. The normalized spacial score (nSPS) is 10.0. The third kappa shape index (κ3) is 1.96. The molecule has 0 aliphatic heterocycles. The quantitative estimate of drug-likeness (QED) is 0.591. The number of nitriles is 1. The summed E-state index contributed by atoms with van der Waals surface area (Å²) in [5.41, 5.74) is 3.56. The maximum atomic E-state index is 12.3. The van der Waals surface area contributed by atoms with E-state index >= 15 is 0 Å². The van der Waals surface area contributed by atoms with Crippen molar-refractivity contribution in [2.24, 2.45) is 0 Å². The van der Waals surface area contributed by atoms with Gasteiger partial charge in [-0.1, -0.05) is 0 Å². The first-order valence-electron chi connectivity index (χ1n) is 3.60. The average molecular weight is 214 g/mol. The summed E-state index contributed by atoms with van der Waals surface area (Å²) in [4.78, 5) is 12.4. The molecule has 1 aromatic rings. The Morgan fingerprint density at radius 1 is 1.67 bits per heavy atom. The smallest absolute Gasteiger partial charge is 0.374 e. The Kier molecular flexibility index (Phi) is 2.75. The fraction of sp³-hybridized carbons (Fsp3) is 0.143. The van der Waals surface area contributed by atoms with Crippen molar-refractivity contribution in [2.75, 3.05) is 5.73 Å². The van der Waals surface area contributed by atoms with Gasteiger partial charge in [-0.25, -0.2) is 8.78 Å². The van der Waals surface area contributed by atoms with E-state index in [0.29, 0.717) is 6.07 Å². The van der Waals surface area contributed by atoms with Crippen molar-refractivity contribution >= 4 is 11.5 Å². The molecule has 1 rings (SSSR count). The molecule has 0 unspecified atom stereocenters. The molecule has 2 N–H and O–H groups in total. The van der Waals surface area contributed by atoms with Crippen LogP contribution < -0.4 is 5.73 Å². The third-order valence-electron chi connectivity index (χ3n) is 1.57. The number of nitrogens with zero attached hydrogens (tertiary/aromatic N) is 3. The van der Waals surface area contributed by atoms with Crippen LogP contribution in [0.1, 0.15) is 17.7 Å². The lowest BCUT2D eigenvalue weighted by molar-refractivity contribution is -0.391. The minimum atomic E-state index is -3.06. The van der Waals surface area contributed by atoms with Gasteiger partial charge in [0, 0.05) is 0 Å². The fourth-order valence-electron chi connectivity index (χ4n) is 0.932. The highest BCUT2D eigenvalue weighted by atomic mass is 19.3. The van der Waals surface area contributed by atoms with E-state index in [0.717, 1.165) is 0 Å². The van der Waals surface area contributed by atoms with Crippen LogP contribution in [0.4, 0.5) is 20.3 Å². The molecule has 8 heteroatoms. The molecule has 0 aliphatic rings. The second-order valence-corrected chi connectivity index (χ2v) is 2.51. The summed E-state index contributed by atoms with van der Waals surface area (Å²) < 4.78 is 24.6. The van der Waals surface area contributed by atoms with Crippen molar-refractivity contribution in [1.82, 2.24) is 4.98 Å². The second-order valence-electron chi connectivity index (χ2n) is 2.51. The van der Waals surface area contributed by atoms with Crippen LogP contribution in [0, 0.1) is 21.4 Å². The minimum Gasteiger partial charge on any atom is -0.395 e. The molecule has 0 aromatic carbocycles. The summed E-state index contributed by atoms with van der Waals surface area (Å²) in [6.45, 7) is 0. The van der Waals surface area contributed by atoms with E-state index in [9.17, 15) is 18.9 Å². The molecule has 0 aliphatic carbocycles. The van der Waals surface area contributed by atoms with Gasteiger partial charge in [0.25, 0.3) is 12.1 Å². The molecular weight excluding hydrogens is 210 g/mol. The van der Waals surface area contributed by atoms with Gasteiger partial charge in [0.05, 0.1) is 5.69 Å². The molecule has 6 nitrogen and oxygen atoms in total. The highest BCUT2D eigenvalue weighted by molar-refractivity contribution is 5.56. The zero-order valence-electron chi connectivity index (χ0n) is 7.15. The van der Waals surface area contributed by atoms with Gasteiger partial charge in [0.2, 0.25) is 0 Å². The van der Waals surface area contributed by atoms with Gasteiger partial charge in [0.1, 0.15) is 11.6 Å². The van der Waals surface area contributed by atoms with Gasteiger partial charge < -0.3 is 15.8 Å². The summed E-state index contributed by atoms with van der Waals surface area (Å²) in [6, 6.07) is 2.16. The van der Waals surface area contributed by atoms with Gasteiger partial charge >= 0.3 is 5.82 Å². The summed E-state index contributed by atoms with van der Waals surface area (Å²) in [6.07, 6.45) is -3.06. The fourth-order valence-corrected chi connectivity index (χ4v) is 0.932. The lowest BCUT2D eigenvalue weighted by Crippen LogP contribution is -2.04. The largest absolute Gasteiger partial charge is 0.395 e. The van der Waals surface area contributed by atoms with Gasteiger partial charge in [0.15, 0.2) is 0 Å². The number of alkyl halides is 2. The molecule has 0 radical (unpaired) electrons. The number of pyridine rings is 1. The summed E-state index contributed by atoms with van der Waals surface area (Å²) in [7, 11) is 0. The van der Waals surface area contributed by atoms with E-state index in [-0.39, 0.29) is 5.69 Å². The van der Waals surface area contributed by atoms with E-state index in [1.165, 1.54) is 6.07 Å². The van der Waals surface area contributed by atoms with Crippen molar-refractivity contribution in [3.05, 3.63) is 27.4 Å². The first kappa shape index (κ1) is 10.8. The Morgan fingerprint density at radius 3 is 2.67 bits per heavy atom. The molecule has 0 bridgehead atoms. The lowest BCUT2D eigenvalue weighted by atomic mass is 10.2. The first-order chi connectivity index (χ1) is 6.97. The Bertz CT molecular complexity index is 455. The standard InChI is InChI=1S/C7H4F2N4O2/c8-6(9)3-1-4(11)5(2-10)12-7(3)13(14)15/h1,6H,11H2. The van der Waals surface area contributed by atoms with Crippen LogP contribution in [0.3, 0.4) is 0 Å². The Balaban J connectivity index is 3.47. The van der Waals surface area contributed by atoms with E-state index in [4.69, 9.17) is 11.0 Å². The number of hydrogen-bond donors (Lipinski definition) is 1. The maximum Gasteiger partial charge on any atom is 0.374 e. The van der Waals surface area contributed by atoms with Crippen molar-refractivity contribution in [3.63, 3.8) is 0 Å². The second kappa shape index (κ2) is 3.83. The van der Waals surface area contributed by atoms with Crippen molar-refractivity contribution in [2.45, 2.75) is 6.43 Å². The number of nitrogens with two attached hydrogens (primary N) is 1. The SMILES string of the molecule is N#Cc1nc([N+](=O)[O-])c(C(F)F)cc1N. The minimum absolute atomic E-state index is 0.307. The molecule has 0 spiro atoms. The molecular formula is C7H4F2N4O2. The van der Waals surface area contributed by atoms with E-state index in [1.54, 1.807) is 0 Å². The summed E-state index contributed by atoms with van der Waals surface area (Å²) >= 11 is 0. The van der Waals surface area contributed by atoms with E-state index in [2.05, 4.69) is 4.98 Å². The number of halogens is 2. The molecule has 0 saturated heterocycles. The molecule has 0 atom stereocenters. The molecule has 0 saturated carbocycles. The summed E-state index contributed by atoms with van der Waals surface area (Å²) in [5, 5.41) is 18.8. The van der Waals surface area contributed by atoms with Crippen LogP contribution >= 0.6 is 0 Å². The predicted molar refractivity (Wildman–Crippen MR) is 45.0 cm³/mol. The number of aromatic nitrogens is 1. The number of rotatable bonds is 2. The molecule has 0 amide bonds. The third-order valence-corrected chi connectivity index (χ3v) is 1.57. The Hall–Kier alpha value is -2.30. The maximum absolute atomic E-state index is 12.3. The number of hydrogen-bond acceptors (Lipinski definition) is 5. The lowest BCUT2D eigenvalue weighted by Gasteiger charge is -2.02. The molecule has 1 aromatic heterocycles. The number of nitro groups is 1.